The number of halogens is 2. The molecule has 0 spiro atoms. The van der Waals surface area contributed by atoms with Gasteiger partial charge in [-0.05, 0) is 17.7 Å². The van der Waals surface area contributed by atoms with Crippen LogP contribution in [0.3, 0.4) is 0 Å². The molecule has 23 heavy (non-hydrogen) atoms. The molecule has 0 radical (unpaired) electrons. The zero-order valence-corrected chi connectivity index (χ0v) is 13.0. The Morgan fingerprint density at radius 2 is 1.70 bits per heavy atom. The Morgan fingerprint density at radius 1 is 1.00 bits per heavy atom. The second-order valence-electron chi connectivity index (χ2n) is 5.56. The van der Waals surface area contributed by atoms with Crippen molar-refractivity contribution >= 4 is 10.0 Å². The number of sulfonamides is 1. The Labute approximate surface area is 133 Å². The fourth-order valence-electron chi connectivity index (χ4n) is 2.86. The molecule has 2 aromatic carbocycles. The normalized spacial score (nSPS) is 22.4. The maximum atomic E-state index is 13.9. The second kappa shape index (κ2) is 5.99. The Balaban J connectivity index is 1.92. The predicted octanol–water partition coefficient (Wildman–Crippen LogP) is 2.08. The zero-order valence-electron chi connectivity index (χ0n) is 12.2. The Kier molecular flexibility index (Phi) is 4.18. The minimum atomic E-state index is -4.13. The van der Waals surface area contributed by atoms with E-state index >= 15 is 0 Å². The van der Waals surface area contributed by atoms with E-state index in [1.807, 2.05) is 30.3 Å². The van der Waals surface area contributed by atoms with Gasteiger partial charge in [-0.25, -0.2) is 17.2 Å². The van der Waals surface area contributed by atoms with Crippen LogP contribution < -0.4 is 5.73 Å². The summed E-state index contributed by atoms with van der Waals surface area (Å²) in [6.07, 6.45) is 0. The first kappa shape index (κ1) is 16.0. The van der Waals surface area contributed by atoms with Gasteiger partial charge in [-0.15, -0.1) is 0 Å². The van der Waals surface area contributed by atoms with Crippen molar-refractivity contribution in [1.82, 2.24) is 4.31 Å². The van der Waals surface area contributed by atoms with Crippen LogP contribution in [0.25, 0.3) is 0 Å². The number of hydrogen-bond acceptors (Lipinski definition) is 3. The van der Waals surface area contributed by atoms with Gasteiger partial charge < -0.3 is 5.73 Å². The molecule has 1 heterocycles. The summed E-state index contributed by atoms with van der Waals surface area (Å²) >= 11 is 0. The van der Waals surface area contributed by atoms with Gasteiger partial charge in [-0.2, -0.15) is 4.31 Å². The lowest BCUT2D eigenvalue weighted by atomic mass is 9.95. The van der Waals surface area contributed by atoms with Crippen LogP contribution in [0.5, 0.6) is 0 Å². The van der Waals surface area contributed by atoms with E-state index in [0.29, 0.717) is 0 Å². The van der Waals surface area contributed by atoms with Crippen molar-refractivity contribution in [3.8, 4) is 0 Å². The predicted molar refractivity (Wildman–Crippen MR) is 82.3 cm³/mol. The molecule has 2 atom stereocenters. The molecule has 1 saturated heterocycles. The first-order valence-corrected chi connectivity index (χ1v) is 8.60. The van der Waals surface area contributed by atoms with E-state index in [0.717, 1.165) is 22.0 Å². The number of benzene rings is 2. The van der Waals surface area contributed by atoms with E-state index in [4.69, 9.17) is 5.73 Å². The SMILES string of the molecule is N[C@@H]1CN(S(=O)(=O)c2cccc(F)c2F)C[C@H]1c1ccccc1. The van der Waals surface area contributed by atoms with Crippen molar-refractivity contribution in [3.63, 3.8) is 0 Å². The molecule has 1 aliphatic rings. The van der Waals surface area contributed by atoms with Crippen LogP contribution in [0.4, 0.5) is 8.78 Å². The van der Waals surface area contributed by atoms with E-state index in [1.165, 1.54) is 6.07 Å². The minimum Gasteiger partial charge on any atom is -0.326 e. The van der Waals surface area contributed by atoms with Crippen LogP contribution in [0.2, 0.25) is 0 Å². The third kappa shape index (κ3) is 2.87. The van der Waals surface area contributed by atoms with Gasteiger partial charge in [0.05, 0.1) is 0 Å². The first-order chi connectivity index (χ1) is 10.9. The van der Waals surface area contributed by atoms with Crippen LogP contribution in [0, 0.1) is 11.6 Å². The molecule has 4 nitrogen and oxygen atoms in total. The average molecular weight is 338 g/mol. The van der Waals surface area contributed by atoms with E-state index in [-0.39, 0.29) is 19.0 Å². The molecule has 0 bridgehead atoms. The maximum absolute atomic E-state index is 13.9. The van der Waals surface area contributed by atoms with E-state index in [1.54, 1.807) is 0 Å². The van der Waals surface area contributed by atoms with Gasteiger partial charge in [-0.3, -0.25) is 0 Å². The average Bonchev–Trinajstić information content (AvgIpc) is 2.93. The van der Waals surface area contributed by atoms with Gasteiger partial charge in [0.25, 0.3) is 0 Å². The molecule has 0 aliphatic carbocycles. The quantitative estimate of drug-likeness (QED) is 0.932. The Bertz CT molecular complexity index is 812. The summed E-state index contributed by atoms with van der Waals surface area (Å²) in [6, 6.07) is 12.1. The van der Waals surface area contributed by atoms with Crippen molar-refractivity contribution in [2.45, 2.75) is 16.9 Å². The summed E-state index contributed by atoms with van der Waals surface area (Å²) in [4.78, 5) is -0.654. The molecule has 3 rings (SSSR count). The lowest BCUT2D eigenvalue weighted by Crippen LogP contribution is -2.32. The summed E-state index contributed by atoms with van der Waals surface area (Å²) in [5.74, 6) is -2.72. The summed E-state index contributed by atoms with van der Waals surface area (Å²) < 4.78 is 53.5. The highest BCUT2D eigenvalue weighted by Crippen LogP contribution is 2.31. The highest BCUT2D eigenvalue weighted by molar-refractivity contribution is 7.89. The molecular weight excluding hydrogens is 322 g/mol. The van der Waals surface area contributed by atoms with E-state index < -0.39 is 32.6 Å². The van der Waals surface area contributed by atoms with Crippen molar-refractivity contribution in [1.29, 1.82) is 0 Å². The van der Waals surface area contributed by atoms with Crippen LogP contribution >= 0.6 is 0 Å². The fourth-order valence-corrected chi connectivity index (χ4v) is 4.44. The standard InChI is InChI=1S/C16H16F2N2O2S/c17-13-7-4-8-15(16(13)18)23(21,22)20-9-12(14(19)10-20)11-5-2-1-3-6-11/h1-8,12,14H,9-10,19H2/t12-,14+/m0/s1. The Morgan fingerprint density at radius 3 is 2.39 bits per heavy atom. The van der Waals surface area contributed by atoms with Crippen molar-refractivity contribution in [2.24, 2.45) is 5.73 Å². The molecule has 0 amide bonds. The monoisotopic (exact) mass is 338 g/mol. The third-order valence-corrected chi connectivity index (χ3v) is 5.94. The summed E-state index contributed by atoms with van der Waals surface area (Å²) in [5.41, 5.74) is 7.00. The zero-order chi connectivity index (χ0) is 16.6. The molecule has 0 aromatic heterocycles. The van der Waals surface area contributed by atoms with Crippen molar-refractivity contribution in [2.75, 3.05) is 13.1 Å². The van der Waals surface area contributed by atoms with Crippen LogP contribution in [0.1, 0.15) is 11.5 Å². The molecule has 7 heteroatoms. The largest absolute Gasteiger partial charge is 0.326 e. The van der Waals surface area contributed by atoms with Gasteiger partial charge in [0.2, 0.25) is 10.0 Å². The van der Waals surface area contributed by atoms with Gasteiger partial charge >= 0.3 is 0 Å². The van der Waals surface area contributed by atoms with Crippen molar-refractivity contribution < 1.29 is 17.2 Å². The molecule has 2 N–H and O–H groups in total. The lowest BCUT2D eigenvalue weighted by molar-refractivity contribution is 0.449. The van der Waals surface area contributed by atoms with Crippen molar-refractivity contribution in [3.05, 3.63) is 65.7 Å². The Hall–Kier alpha value is -1.83. The summed E-state index contributed by atoms with van der Waals surface area (Å²) in [5, 5.41) is 0. The molecule has 0 saturated carbocycles. The molecule has 122 valence electrons. The smallest absolute Gasteiger partial charge is 0.246 e. The highest BCUT2D eigenvalue weighted by atomic mass is 32.2. The molecule has 1 fully saturated rings. The lowest BCUT2D eigenvalue weighted by Gasteiger charge is -2.17. The molecule has 1 aliphatic heterocycles. The van der Waals surface area contributed by atoms with Crippen LogP contribution in [0.15, 0.2) is 53.4 Å². The van der Waals surface area contributed by atoms with E-state index in [2.05, 4.69) is 0 Å². The van der Waals surface area contributed by atoms with Gasteiger partial charge in [0.1, 0.15) is 4.90 Å². The number of nitrogens with two attached hydrogens (primary N) is 1. The first-order valence-electron chi connectivity index (χ1n) is 7.16. The molecule has 2 aromatic rings. The van der Waals surface area contributed by atoms with E-state index in [9.17, 15) is 17.2 Å². The van der Waals surface area contributed by atoms with Gasteiger partial charge in [-0.1, -0.05) is 36.4 Å². The third-order valence-electron chi connectivity index (χ3n) is 4.09. The minimum absolute atomic E-state index is 0.0673. The topological polar surface area (TPSA) is 63.4 Å². The summed E-state index contributed by atoms with van der Waals surface area (Å²) in [7, 11) is -4.13. The molecular formula is C16H16F2N2O2S. The highest BCUT2D eigenvalue weighted by Gasteiger charge is 2.39. The fraction of sp³-hybridized carbons (Fsp3) is 0.250. The van der Waals surface area contributed by atoms with Crippen LogP contribution in [-0.2, 0) is 10.0 Å². The number of rotatable bonds is 3. The molecule has 0 unspecified atom stereocenters. The summed E-state index contributed by atoms with van der Waals surface area (Å²) in [6.45, 7) is 0.210. The maximum Gasteiger partial charge on any atom is 0.246 e. The number of nitrogens with zero attached hydrogens (tertiary/aromatic N) is 1. The second-order valence-corrected chi connectivity index (χ2v) is 7.46. The van der Waals surface area contributed by atoms with Gasteiger partial charge in [0.15, 0.2) is 11.6 Å². The van der Waals surface area contributed by atoms with Gasteiger partial charge in [0, 0.05) is 25.0 Å². The van der Waals surface area contributed by atoms with Crippen LogP contribution in [-0.4, -0.2) is 31.9 Å². The number of hydrogen-bond donors (Lipinski definition) is 1.